The van der Waals surface area contributed by atoms with Gasteiger partial charge in [-0.2, -0.15) is 5.10 Å². The molecule has 1 aromatic carbocycles. The molecule has 0 aliphatic rings. The van der Waals surface area contributed by atoms with Crippen molar-refractivity contribution in [2.75, 3.05) is 0 Å². The van der Waals surface area contributed by atoms with E-state index >= 15 is 0 Å². The van der Waals surface area contributed by atoms with E-state index in [0.717, 1.165) is 11.3 Å². The second-order valence-electron chi connectivity index (χ2n) is 12.1. The summed E-state index contributed by atoms with van der Waals surface area (Å²) in [5.41, 5.74) is 2.70. The average molecular weight is 563 g/mol. The number of rotatable bonds is 7. The molecular weight excluding hydrogens is 523 g/mol. The number of hydrogen-bond donors (Lipinski definition) is 0. The summed E-state index contributed by atoms with van der Waals surface area (Å²) < 4.78 is 14.9. The summed E-state index contributed by atoms with van der Waals surface area (Å²) >= 11 is 13.2. The summed E-state index contributed by atoms with van der Waals surface area (Å²) in [6.45, 7) is 23.8. The largest absolute Gasteiger partial charge is 0.487 e. The zero-order chi connectivity index (χ0) is 27.9. The van der Waals surface area contributed by atoms with Gasteiger partial charge in [-0.1, -0.05) is 64.7 Å². The molecule has 0 fully saturated rings. The van der Waals surface area contributed by atoms with Gasteiger partial charge in [0.2, 0.25) is 0 Å². The van der Waals surface area contributed by atoms with Gasteiger partial charge in [0, 0.05) is 29.8 Å². The minimum atomic E-state index is -2.05. The molecule has 0 saturated heterocycles. The first-order chi connectivity index (χ1) is 16.9. The van der Waals surface area contributed by atoms with Crippen LogP contribution >= 0.6 is 23.2 Å². The molecule has 2 aromatic heterocycles. The van der Waals surface area contributed by atoms with E-state index in [9.17, 15) is 0 Å². The highest BCUT2D eigenvalue weighted by Crippen LogP contribution is 2.40. The van der Waals surface area contributed by atoms with Crippen molar-refractivity contribution in [3.05, 3.63) is 53.1 Å². The zero-order valence-corrected chi connectivity index (χ0v) is 26.1. The maximum atomic E-state index is 6.63. The first kappa shape index (κ1) is 29.6. The van der Waals surface area contributed by atoms with E-state index in [4.69, 9.17) is 37.3 Å². The van der Waals surface area contributed by atoms with E-state index in [1.165, 1.54) is 0 Å². The molecule has 2 unspecified atom stereocenters. The van der Waals surface area contributed by atoms with Crippen LogP contribution in [0.5, 0.6) is 5.75 Å². The maximum Gasteiger partial charge on any atom is 0.192 e. The van der Waals surface area contributed by atoms with Crippen molar-refractivity contribution in [2.24, 2.45) is 12.5 Å². The molecule has 0 saturated carbocycles. The molecule has 201 valence electrons. The molecule has 0 bridgehead atoms. The zero-order valence-electron chi connectivity index (χ0n) is 23.6. The Labute approximate surface area is 232 Å². The number of aromatic nitrogens is 4. The summed E-state index contributed by atoms with van der Waals surface area (Å²) in [5, 5.41) is 5.18. The van der Waals surface area contributed by atoms with Crippen molar-refractivity contribution in [1.29, 1.82) is 0 Å². The van der Waals surface area contributed by atoms with Crippen molar-refractivity contribution in [3.63, 3.8) is 0 Å². The van der Waals surface area contributed by atoms with Crippen LogP contribution in [0.25, 0.3) is 22.8 Å². The third kappa shape index (κ3) is 6.56. The van der Waals surface area contributed by atoms with Gasteiger partial charge in [0.1, 0.15) is 17.0 Å². The van der Waals surface area contributed by atoms with Gasteiger partial charge in [-0.3, -0.25) is 4.68 Å². The van der Waals surface area contributed by atoms with Crippen LogP contribution in [0.2, 0.25) is 28.3 Å². The minimum absolute atomic E-state index is 0.0619. The molecule has 0 N–H and O–H groups in total. The third-order valence-corrected chi connectivity index (χ3v) is 12.2. The molecule has 2 atom stereocenters. The fourth-order valence-electron chi connectivity index (χ4n) is 3.79. The van der Waals surface area contributed by atoms with Gasteiger partial charge < -0.3 is 9.16 Å². The molecule has 0 aliphatic carbocycles. The monoisotopic (exact) mass is 561 g/mol. The Balaban J connectivity index is 2.00. The van der Waals surface area contributed by atoms with Gasteiger partial charge in [-0.15, -0.1) is 0 Å². The van der Waals surface area contributed by atoms with Crippen LogP contribution in [0, 0.1) is 19.3 Å². The maximum absolute atomic E-state index is 6.63. The lowest BCUT2D eigenvalue weighted by molar-refractivity contribution is 0.000982. The van der Waals surface area contributed by atoms with Gasteiger partial charge in [-0.25, -0.2) is 9.97 Å². The van der Waals surface area contributed by atoms with E-state index in [1.807, 2.05) is 32.2 Å². The van der Waals surface area contributed by atoms with Crippen LogP contribution in [-0.4, -0.2) is 40.3 Å². The Kier molecular flexibility index (Phi) is 8.55. The molecule has 0 spiro atoms. The van der Waals surface area contributed by atoms with Crippen LogP contribution in [-0.2, 0) is 11.5 Å². The molecule has 1 radical (unpaired) electrons. The quantitative estimate of drug-likeness (QED) is 0.215. The second kappa shape index (κ2) is 10.7. The molecule has 0 aliphatic heterocycles. The predicted octanol–water partition coefficient (Wildman–Crippen LogP) is 8.18. The number of halogens is 2. The van der Waals surface area contributed by atoms with Gasteiger partial charge in [0.05, 0.1) is 22.5 Å². The summed E-state index contributed by atoms with van der Waals surface area (Å²) in [4.78, 5) is 9.36. The van der Waals surface area contributed by atoms with Crippen LogP contribution in [0.1, 0.15) is 47.1 Å². The van der Waals surface area contributed by atoms with Gasteiger partial charge in [0.15, 0.2) is 14.1 Å². The number of nitrogens with zero attached hydrogens (tertiary/aromatic N) is 4. The molecule has 37 heavy (non-hydrogen) atoms. The van der Waals surface area contributed by atoms with Gasteiger partial charge >= 0.3 is 0 Å². The van der Waals surface area contributed by atoms with Crippen LogP contribution in [0.15, 0.2) is 30.5 Å². The Morgan fingerprint density at radius 1 is 1.03 bits per heavy atom. The second-order valence-corrected chi connectivity index (χ2v) is 17.6. The van der Waals surface area contributed by atoms with Crippen molar-refractivity contribution in [1.82, 2.24) is 19.7 Å². The van der Waals surface area contributed by atoms with Crippen LogP contribution in [0.4, 0.5) is 0 Å². The first-order valence-electron chi connectivity index (χ1n) is 12.4. The normalized spacial score (nSPS) is 14.5. The number of ether oxygens (including phenoxy) is 1. The Morgan fingerprint density at radius 3 is 2.22 bits per heavy atom. The van der Waals surface area contributed by atoms with Crippen molar-refractivity contribution < 1.29 is 9.16 Å². The fourth-order valence-corrected chi connectivity index (χ4v) is 5.39. The standard InChI is InChI=1S/C28H39Cl2N4O2Si/c1-17-23(22-14-15-31-34(22)9)32-26(33-25(17)30)20-16-19(12-13-21(20)29)35-24(27(3,4)5)18(2)36-37(10,11)28(6,7)8/h12-16,18,24H,2H2,1,3-11H3. The van der Waals surface area contributed by atoms with E-state index in [0.29, 0.717) is 33.0 Å². The highest BCUT2D eigenvalue weighted by Gasteiger charge is 2.42. The van der Waals surface area contributed by atoms with Crippen LogP contribution < -0.4 is 4.74 Å². The summed E-state index contributed by atoms with van der Waals surface area (Å²) in [7, 11) is -0.193. The molecule has 2 heterocycles. The molecule has 0 amide bonds. The lowest BCUT2D eigenvalue weighted by atomic mass is 9.86. The Bertz CT molecular complexity index is 1260. The Morgan fingerprint density at radius 2 is 1.68 bits per heavy atom. The highest BCUT2D eigenvalue weighted by molar-refractivity contribution is 6.74. The first-order valence-corrected chi connectivity index (χ1v) is 16.1. The highest BCUT2D eigenvalue weighted by atomic mass is 35.5. The lowest BCUT2D eigenvalue weighted by Gasteiger charge is -2.43. The number of aryl methyl sites for hydroxylation is 1. The average Bonchev–Trinajstić information content (AvgIpc) is 3.18. The van der Waals surface area contributed by atoms with E-state index in [1.54, 1.807) is 16.9 Å². The summed E-state index contributed by atoms with van der Waals surface area (Å²) in [6, 6.07) is 7.39. The van der Waals surface area contributed by atoms with Crippen molar-refractivity contribution in [3.8, 4) is 28.5 Å². The van der Waals surface area contributed by atoms with E-state index in [-0.39, 0.29) is 22.7 Å². The van der Waals surface area contributed by atoms with E-state index < -0.39 is 8.32 Å². The predicted molar refractivity (Wildman–Crippen MR) is 156 cm³/mol. The van der Waals surface area contributed by atoms with E-state index in [2.05, 4.69) is 71.6 Å². The van der Waals surface area contributed by atoms with Gasteiger partial charge in [-0.05, 0) is 56.2 Å². The third-order valence-electron chi connectivity index (χ3n) is 7.04. The lowest BCUT2D eigenvalue weighted by Crippen LogP contribution is -2.50. The molecule has 3 rings (SSSR count). The Hall–Kier alpha value is -1.93. The number of benzene rings is 1. The topological polar surface area (TPSA) is 62.1 Å². The fraction of sp³-hybridized carbons (Fsp3) is 0.500. The van der Waals surface area contributed by atoms with Crippen molar-refractivity contribution >= 4 is 31.5 Å². The summed E-state index contributed by atoms with van der Waals surface area (Å²) in [5.74, 6) is 1.05. The number of hydrogen-bond acceptors (Lipinski definition) is 5. The molecule has 6 nitrogen and oxygen atoms in total. The SMILES string of the molecule is [CH2]C(O[Si](C)(C)C(C)(C)C)C(Oc1ccc(Cl)c(-c2nc(Cl)c(C)c(-c3ccnn3C)n2)c1)C(C)(C)C. The van der Waals surface area contributed by atoms with Gasteiger partial charge in [0.25, 0.3) is 0 Å². The molecule has 3 aromatic rings. The van der Waals surface area contributed by atoms with Crippen molar-refractivity contribution in [2.45, 2.75) is 78.8 Å². The minimum Gasteiger partial charge on any atom is -0.487 e. The smallest absolute Gasteiger partial charge is 0.192 e. The van der Waals surface area contributed by atoms with Crippen LogP contribution in [0.3, 0.4) is 0 Å². The molecular formula is C28H39Cl2N4O2Si. The molecule has 9 heteroatoms. The summed E-state index contributed by atoms with van der Waals surface area (Å²) in [6.07, 6.45) is 1.06.